The number of aromatic hydroxyl groups is 1. The van der Waals surface area contributed by atoms with Gasteiger partial charge >= 0.3 is 0 Å². The molecule has 3 aromatic rings. The number of fused-ring (bicyclic) bond motifs is 1. The molecule has 0 amide bonds. The summed E-state index contributed by atoms with van der Waals surface area (Å²) >= 11 is 6.63. The van der Waals surface area contributed by atoms with E-state index in [1.54, 1.807) is 6.07 Å². The van der Waals surface area contributed by atoms with Crippen LogP contribution in [0.3, 0.4) is 0 Å². The highest BCUT2D eigenvalue weighted by Crippen LogP contribution is 2.40. The van der Waals surface area contributed by atoms with Gasteiger partial charge < -0.3 is 9.52 Å². The van der Waals surface area contributed by atoms with Crippen LogP contribution in [0.5, 0.6) is 5.75 Å². The molecule has 0 bridgehead atoms. The molecule has 0 aliphatic carbocycles. The molecule has 1 aromatic heterocycles. The van der Waals surface area contributed by atoms with Gasteiger partial charge in [0.05, 0.1) is 14.5 Å². The molecule has 0 saturated heterocycles. The van der Waals surface area contributed by atoms with Gasteiger partial charge in [-0.2, -0.15) is 0 Å². The van der Waals surface area contributed by atoms with Crippen molar-refractivity contribution in [2.45, 2.75) is 13.8 Å². The number of benzene rings is 2. The topological polar surface area (TPSA) is 50.4 Å². The Morgan fingerprint density at radius 2 is 1.82 bits per heavy atom. The zero-order valence-corrected chi connectivity index (χ0v) is 15.1. The molecule has 0 aliphatic rings. The van der Waals surface area contributed by atoms with E-state index in [0.29, 0.717) is 31.0 Å². The second kappa shape index (κ2) is 5.56. The third-order valence-corrected chi connectivity index (χ3v) is 5.83. The van der Waals surface area contributed by atoms with Crippen molar-refractivity contribution in [1.29, 1.82) is 0 Å². The average Bonchev–Trinajstić information content (AvgIpc) is 2.90. The van der Waals surface area contributed by atoms with E-state index < -0.39 is 0 Å². The van der Waals surface area contributed by atoms with Crippen LogP contribution in [0.1, 0.15) is 27.0 Å². The molecule has 3 rings (SSSR count). The Kier molecular flexibility index (Phi) is 3.87. The molecular formula is C17H12Br2O3. The van der Waals surface area contributed by atoms with Crippen LogP contribution < -0.4 is 0 Å². The highest BCUT2D eigenvalue weighted by molar-refractivity contribution is 9.13. The first-order chi connectivity index (χ1) is 10.4. The van der Waals surface area contributed by atoms with Crippen LogP contribution in [0, 0.1) is 13.8 Å². The Balaban J connectivity index is 2.18. The average molecular weight is 424 g/mol. The largest absolute Gasteiger partial charge is 0.507 e. The highest BCUT2D eigenvalue weighted by atomic mass is 79.9. The van der Waals surface area contributed by atoms with E-state index >= 15 is 0 Å². The third-order valence-electron chi connectivity index (χ3n) is 3.74. The van der Waals surface area contributed by atoms with Crippen molar-refractivity contribution in [3.05, 3.63) is 61.7 Å². The van der Waals surface area contributed by atoms with Gasteiger partial charge in [-0.3, -0.25) is 4.79 Å². The second-order valence-electron chi connectivity index (χ2n) is 5.18. The molecule has 0 atom stereocenters. The van der Waals surface area contributed by atoms with Crippen LogP contribution in [-0.4, -0.2) is 10.9 Å². The fourth-order valence-corrected chi connectivity index (χ4v) is 3.11. The molecule has 0 aliphatic heterocycles. The van der Waals surface area contributed by atoms with Gasteiger partial charge in [-0.25, -0.2) is 0 Å². The highest BCUT2D eigenvalue weighted by Gasteiger charge is 2.20. The number of rotatable bonds is 2. The summed E-state index contributed by atoms with van der Waals surface area (Å²) in [5.41, 5.74) is 3.76. The van der Waals surface area contributed by atoms with Crippen molar-refractivity contribution in [3.63, 3.8) is 0 Å². The number of phenols is 1. The van der Waals surface area contributed by atoms with Crippen molar-refractivity contribution in [2.24, 2.45) is 0 Å². The standard InChI is InChI=1S/C17H12Br2O3/c1-8-3-4-10(5-9(8)2)16(21)12-7-22-17-11(12)6-13(20)14(18)15(17)19/h3-7,20H,1-2H3. The molecule has 1 heterocycles. The summed E-state index contributed by atoms with van der Waals surface area (Å²) in [4.78, 5) is 12.7. The summed E-state index contributed by atoms with van der Waals surface area (Å²) in [5.74, 6) is -0.0783. The quantitative estimate of drug-likeness (QED) is 0.552. The number of halogens is 2. The third kappa shape index (κ3) is 2.38. The Bertz CT molecular complexity index is 910. The van der Waals surface area contributed by atoms with Crippen LogP contribution in [0.25, 0.3) is 11.0 Å². The van der Waals surface area contributed by atoms with Crippen LogP contribution in [0.4, 0.5) is 0 Å². The Hall–Kier alpha value is -1.59. The number of carbonyl (C=O) groups is 1. The van der Waals surface area contributed by atoms with Crippen LogP contribution in [-0.2, 0) is 0 Å². The van der Waals surface area contributed by atoms with Crippen LogP contribution in [0.15, 0.2) is 43.9 Å². The lowest BCUT2D eigenvalue weighted by Crippen LogP contribution is -2.01. The maximum absolute atomic E-state index is 12.7. The van der Waals surface area contributed by atoms with Gasteiger partial charge in [0, 0.05) is 10.9 Å². The number of phenolic OH excluding ortho intramolecular Hbond substituents is 1. The smallest absolute Gasteiger partial charge is 0.196 e. The van der Waals surface area contributed by atoms with Gasteiger partial charge in [0.1, 0.15) is 17.6 Å². The van der Waals surface area contributed by atoms with Crippen LogP contribution >= 0.6 is 31.9 Å². The molecule has 0 unspecified atom stereocenters. The first-order valence-corrected chi connectivity index (χ1v) is 8.19. The second-order valence-corrected chi connectivity index (χ2v) is 6.76. The fourth-order valence-electron chi connectivity index (χ4n) is 2.31. The molecule has 1 N–H and O–H groups in total. The molecular weight excluding hydrogens is 412 g/mol. The number of aryl methyl sites for hydroxylation is 2. The summed E-state index contributed by atoms with van der Waals surface area (Å²) in [6.07, 6.45) is 1.43. The minimum atomic E-state index is -0.129. The number of furan rings is 1. The summed E-state index contributed by atoms with van der Waals surface area (Å²) in [7, 11) is 0. The molecule has 5 heteroatoms. The molecule has 2 aromatic carbocycles. The van der Waals surface area contributed by atoms with Gasteiger partial charge in [0.15, 0.2) is 5.78 Å². The number of hydrogen-bond donors (Lipinski definition) is 1. The number of ketones is 1. The van der Waals surface area contributed by atoms with Crippen LogP contribution in [0.2, 0.25) is 0 Å². The van der Waals surface area contributed by atoms with Crippen molar-refractivity contribution in [2.75, 3.05) is 0 Å². The normalized spacial score (nSPS) is 11.1. The van der Waals surface area contributed by atoms with Gasteiger partial charge in [0.2, 0.25) is 0 Å². The van der Waals surface area contributed by atoms with Gasteiger partial charge in [-0.15, -0.1) is 0 Å². The maximum atomic E-state index is 12.7. The molecule has 0 spiro atoms. The van der Waals surface area contributed by atoms with E-state index in [4.69, 9.17) is 4.42 Å². The first-order valence-electron chi connectivity index (χ1n) is 6.60. The van der Waals surface area contributed by atoms with Gasteiger partial charge in [-0.05, 0) is 69.0 Å². The first kappa shape index (κ1) is 15.3. The summed E-state index contributed by atoms with van der Waals surface area (Å²) in [6, 6.07) is 7.12. The summed E-state index contributed by atoms with van der Waals surface area (Å²) < 4.78 is 6.59. The van der Waals surface area contributed by atoms with E-state index in [1.807, 2.05) is 26.0 Å². The van der Waals surface area contributed by atoms with E-state index in [1.165, 1.54) is 12.3 Å². The predicted molar refractivity (Wildman–Crippen MR) is 92.6 cm³/mol. The van der Waals surface area contributed by atoms with E-state index in [0.717, 1.165) is 11.1 Å². The molecule has 112 valence electrons. The molecule has 22 heavy (non-hydrogen) atoms. The molecule has 3 nitrogen and oxygen atoms in total. The molecule has 0 saturated carbocycles. The van der Waals surface area contributed by atoms with E-state index in [9.17, 15) is 9.90 Å². The number of carbonyl (C=O) groups excluding carboxylic acids is 1. The van der Waals surface area contributed by atoms with Gasteiger partial charge in [0.25, 0.3) is 0 Å². The van der Waals surface area contributed by atoms with Gasteiger partial charge in [-0.1, -0.05) is 12.1 Å². The number of hydrogen-bond acceptors (Lipinski definition) is 3. The Morgan fingerprint density at radius 3 is 2.50 bits per heavy atom. The molecule has 0 fully saturated rings. The van der Waals surface area contributed by atoms with Crippen molar-refractivity contribution in [1.82, 2.24) is 0 Å². The maximum Gasteiger partial charge on any atom is 0.196 e. The van der Waals surface area contributed by atoms with Crippen molar-refractivity contribution >= 4 is 48.6 Å². The molecule has 0 radical (unpaired) electrons. The Labute approximate surface area is 144 Å². The lowest BCUT2D eigenvalue weighted by atomic mass is 9.99. The summed E-state index contributed by atoms with van der Waals surface area (Å²) in [6.45, 7) is 3.97. The fraction of sp³-hybridized carbons (Fsp3) is 0.118. The monoisotopic (exact) mass is 422 g/mol. The van der Waals surface area contributed by atoms with Crippen molar-refractivity contribution in [3.8, 4) is 5.75 Å². The summed E-state index contributed by atoms with van der Waals surface area (Å²) in [5, 5.41) is 10.5. The van der Waals surface area contributed by atoms with E-state index in [2.05, 4.69) is 31.9 Å². The Morgan fingerprint density at radius 1 is 1.09 bits per heavy atom. The van der Waals surface area contributed by atoms with E-state index in [-0.39, 0.29) is 11.5 Å². The predicted octanol–water partition coefficient (Wildman–Crippen LogP) is 5.51. The zero-order valence-electron chi connectivity index (χ0n) is 11.9. The van der Waals surface area contributed by atoms with Crippen molar-refractivity contribution < 1.29 is 14.3 Å². The zero-order chi connectivity index (χ0) is 16.0. The minimum Gasteiger partial charge on any atom is -0.507 e. The lowest BCUT2D eigenvalue weighted by molar-refractivity contribution is 0.103. The lowest BCUT2D eigenvalue weighted by Gasteiger charge is -2.05. The SMILES string of the molecule is Cc1ccc(C(=O)c2coc3c(Br)c(Br)c(O)cc23)cc1C. The minimum absolute atomic E-state index is 0.0508.